The first kappa shape index (κ1) is 26.7. The van der Waals surface area contributed by atoms with Crippen molar-refractivity contribution < 1.29 is 0 Å². The first-order valence-electron chi connectivity index (χ1n) is 14.8. The summed E-state index contributed by atoms with van der Waals surface area (Å²) >= 11 is 0. The predicted octanol–water partition coefficient (Wildman–Crippen LogP) is 10.7. The van der Waals surface area contributed by atoms with E-state index in [-0.39, 0.29) is 0 Å². The van der Waals surface area contributed by atoms with Crippen molar-refractivity contribution in [3.63, 3.8) is 0 Å². The van der Waals surface area contributed by atoms with E-state index >= 15 is 0 Å². The van der Waals surface area contributed by atoms with Gasteiger partial charge in [0.2, 0.25) is 0 Å². The molecule has 0 bridgehead atoms. The van der Waals surface area contributed by atoms with Crippen LogP contribution in [-0.2, 0) is 6.42 Å². The third kappa shape index (κ3) is 5.20. The van der Waals surface area contributed by atoms with Crippen molar-refractivity contribution in [1.29, 1.82) is 0 Å². The largest absolute Gasteiger partial charge is 0.0995 e. The van der Waals surface area contributed by atoms with Crippen LogP contribution in [0.25, 0.3) is 11.1 Å². The molecule has 1 saturated carbocycles. The maximum Gasteiger partial charge on any atom is 0.0120 e. The lowest BCUT2D eigenvalue weighted by atomic mass is 9.57. The summed E-state index contributed by atoms with van der Waals surface area (Å²) in [5, 5.41) is 0. The maximum atomic E-state index is 4.80. The second-order valence-electron chi connectivity index (χ2n) is 13.1. The van der Waals surface area contributed by atoms with Crippen molar-refractivity contribution in [1.82, 2.24) is 0 Å². The molecule has 0 N–H and O–H groups in total. The lowest BCUT2D eigenvalue weighted by Gasteiger charge is -2.47. The highest BCUT2D eigenvalue weighted by Crippen LogP contribution is 2.58. The average Bonchev–Trinajstić information content (AvgIpc) is 3.31. The quantitative estimate of drug-likeness (QED) is 0.330. The van der Waals surface area contributed by atoms with Gasteiger partial charge in [0, 0.05) is 5.92 Å². The van der Waals surface area contributed by atoms with E-state index in [2.05, 4.69) is 95.0 Å². The molecule has 4 unspecified atom stereocenters. The van der Waals surface area contributed by atoms with E-state index in [0.717, 1.165) is 31.3 Å². The Morgan fingerprint density at radius 1 is 0.974 bits per heavy atom. The zero-order chi connectivity index (χ0) is 27.0. The molecular formula is C38H46. The highest BCUT2D eigenvalue weighted by atomic mass is 14.5. The van der Waals surface area contributed by atoms with Crippen molar-refractivity contribution in [2.75, 3.05) is 0 Å². The minimum Gasteiger partial charge on any atom is -0.0995 e. The van der Waals surface area contributed by atoms with Gasteiger partial charge < -0.3 is 0 Å². The van der Waals surface area contributed by atoms with Gasteiger partial charge in [0.1, 0.15) is 0 Å². The summed E-state index contributed by atoms with van der Waals surface area (Å²) in [6.07, 6.45) is 13.0. The van der Waals surface area contributed by atoms with Crippen molar-refractivity contribution in [2.45, 2.75) is 78.6 Å². The van der Waals surface area contributed by atoms with E-state index in [1.807, 2.05) is 0 Å². The van der Waals surface area contributed by atoms with Gasteiger partial charge in [0.25, 0.3) is 0 Å². The van der Waals surface area contributed by atoms with Gasteiger partial charge in [-0.1, -0.05) is 130 Å². The van der Waals surface area contributed by atoms with Crippen LogP contribution in [0.4, 0.5) is 0 Å². The van der Waals surface area contributed by atoms with Crippen molar-refractivity contribution in [3.8, 4) is 0 Å². The van der Waals surface area contributed by atoms with Gasteiger partial charge in [0.15, 0.2) is 0 Å². The molecule has 0 saturated heterocycles. The molecule has 0 amide bonds. The number of hydrogen-bond acceptors (Lipinski definition) is 0. The molecule has 1 fully saturated rings. The molecular weight excluding hydrogens is 456 g/mol. The Bertz CT molecular complexity index is 1290. The Labute approximate surface area is 232 Å². The normalized spacial score (nSPS) is 26.1. The minimum atomic E-state index is 0.315. The number of allylic oxidation sites excluding steroid dienone is 7. The lowest BCUT2D eigenvalue weighted by molar-refractivity contribution is 0.139. The maximum absolute atomic E-state index is 4.80. The van der Waals surface area contributed by atoms with Crippen LogP contribution in [-0.4, -0.2) is 0 Å². The van der Waals surface area contributed by atoms with Crippen LogP contribution >= 0.6 is 0 Å². The fourth-order valence-electron chi connectivity index (χ4n) is 7.85. The summed E-state index contributed by atoms with van der Waals surface area (Å²) in [6.45, 7) is 23.0. The van der Waals surface area contributed by atoms with E-state index in [1.54, 1.807) is 11.1 Å². The van der Waals surface area contributed by atoms with Crippen LogP contribution in [0.5, 0.6) is 0 Å². The molecule has 0 aromatic heterocycles. The molecule has 3 aliphatic carbocycles. The Balaban J connectivity index is 1.56. The van der Waals surface area contributed by atoms with Crippen molar-refractivity contribution in [3.05, 3.63) is 119 Å². The number of fused-ring (bicyclic) bond motifs is 2. The highest BCUT2D eigenvalue weighted by molar-refractivity contribution is 5.74. The molecule has 2 aromatic rings. The summed E-state index contributed by atoms with van der Waals surface area (Å²) in [4.78, 5) is 0. The number of hydrogen-bond donors (Lipinski definition) is 0. The molecule has 0 heteroatoms. The standard InChI is InChI=1S/C38H46/c1-8-9-12-26(4)36-34-14-11-10-13-31(34)22-33-24-38(6,7)23-27(5)35(33)37(36)32-20-19-30(21-32)29-17-15-28(16-18-29)25(2)3/h10-11,13-20,33,35-37H,2,4-5,8-9,12,21-24H2,1,3,6-7H3. The second kappa shape index (κ2) is 10.7. The first-order valence-corrected chi connectivity index (χ1v) is 14.8. The second-order valence-corrected chi connectivity index (χ2v) is 13.1. The topological polar surface area (TPSA) is 0 Å². The van der Waals surface area contributed by atoms with E-state index in [4.69, 9.17) is 13.2 Å². The lowest BCUT2D eigenvalue weighted by Crippen LogP contribution is -2.38. The smallest absolute Gasteiger partial charge is 0.0120 e. The molecule has 38 heavy (non-hydrogen) atoms. The van der Waals surface area contributed by atoms with Crippen LogP contribution in [0, 0.1) is 23.2 Å². The Kier molecular flexibility index (Phi) is 7.54. The van der Waals surface area contributed by atoms with Gasteiger partial charge in [-0.3, -0.25) is 0 Å². The highest BCUT2D eigenvalue weighted by Gasteiger charge is 2.47. The van der Waals surface area contributed by atoms with Crippen molar-refractivity contribution >= 4 is 11.1 Å². The van der Waals surface area contributed by atoms with Gasteiger partial charge >= 0.3 is 0 Å². The molecule has 5 rings (SSSR count). The monoisotopic (exact) mass is 502 g/mol. The molecule has 198 valence electrons. The van der Waals surface area contributed by atoms with Gasteiger partial charge in [-0.2, -0.15) is 0 Å². The third-order valence-corrected chi connectivity index (χ3v) is 9.48. The molecule has 3 aliphatic rings. The number of benzene rings is 2. The Morgan fingerprint density at radius 2 is 1.71 bits per heavy atom. The molecule has 0 heterocycles. The first-order chi connectivity index (χ1) is 18.2. The molecule has 0 aliphatic heterocycles. The van der Waals surface area contributed by atoms with E-state index in [9.17, 15) is 0 Å². The predicted molar refractivity (Wildman–Crippen MR) is 166 cm³/mol. The SMILES string of the molecule is C=C(C)c1ccc(C2=CC=C(C3C(C(=C)CCCC)c4ccccc4CC4CC(C)(C)CC(=C)C43)C2)cc1. The van der Waals surface area contributed by atoms with Crippen LogP contribution < -0.4 is 0 Å². The van der Waals surface area contributed by atoms with E-state index in [1.165, 1.54) is 52.7 Å². The van der Waals surface area contributed by atoms with Gasteiger partial charge in [-0.05, 0) is 96.4 Å². The molecule has 0 spiro atoms. The van der Waals surface area contributed by atoms with E-state index < -0.39 is 0 Å². The molecule has 0 radical (unpaired) electrons. The Morgan fingerprint density at radius 3 is 2.42 bits per heavy atom. The zero-order valence-electron chi connectivity index (χ0n) is 24.2. The summed E-state index contributed by atoms with van der Waals surface area (Å²) in [7, 11) is 0. The minimum absolute atomic E-state index is 0.315. The van der Waals surface area contributed by atoms with Gasteiger partial charge in [-0.15, -0.1) is 0 Å². The van der Waals surface area contributed by atoms with Crippen LogP contribution in [0.1, 0.15) is 94.4 Å². The van der Waals surface area contributed by atoms with Crippen LogP contribution in [0.3, 0.4) is 0 Å². The summed E-state index contributed by atoms with van der Waals surface area (Å²) in [6, 6.07) is 18.3. The van der Waals surface area contributed by atoms with E-state index in [0.29, 0.717) is 29.1 Å². The third-order valence-electron chi connectivity index (χ3n) is 9.48. The summed E-state index contributed by atoms with van der Waals surface area (Å²) in [5.41, 5.74) is 13.0. The summed E-state index contributed by atoms with van der Waals surface area (Å²) < 4.78 is 0. The fourth-order valence-corrected chi connectivity index (χ4v) is 7.85. The zero-order valence-corrected chi connectivity index (χ0v) is 24.2. The average molecular weight is 503 g/mol. The van der Waals surface area contributed by atoms with Gasteiger partial charge in [0.05, 0.1) is 0 Å². The molecule has 0 nitrogen and oxygen atoms in total. The van der Waals surface area contributed by atoms with Gasteiger partial charge in [-0.25, -0.2) is 0 Å². The fraction of sp³-hybridized carbons (Fsp3) is 0.421. The van der Waals surface area contributed by atoms with Crippen molar-refractivity contribution in [2.24, 2.45) is 23.2 Å². The Hall–Kier alpha value is -2.86. The number of rotatable bonds is 7. The number of unbranched alkanes of at least 4 members (excludes halogenated alkanes) is 1. The summed E-state index contributed by atoms with van der Waals surface area (Å²) in [5.74, 6) is 1.92. The molecule has 2 aromatic carbocycles. The molecule has 4 atom stereocenters. The van der Waals surface area contributed by atoms with Crippen LogP contribution in [0.15, 0.2) is 97.1 Å². The van der Waals surface area contributed by atoms with Crippen LogP contribution in [0.2, 0.25) is 0 Å².